The Hall–Kier alpha value is -0.530. The Labute approximate surface area is 139 Å². The summed E-state index contributed by atoms with van der Waals surface area (Å²) in [7, 11) is 0. The van der Waals surface area contributed by atoms with Gasteiger partial charge >= 0.3 is 5.97 Å². The van der Waals surface area contributed by atoms with Gasteiger partial charge in [0.15, 0.2) is 0 Å². The van der Waals surface area contributed by atoms with Gasteiger partial charge in [-0.15, -0.1) is 0 Å². The molecule has 0 rings (SSSR count). The average molecular weight is 313 g/mol. The van der Waals surface area contributed by atoms with Crippen LogP contribution >= 0.6 is 0 Å². The third kappa shape index (κ3) is 14.4. The number of carbonyl (C=O) groups excluding carboxylic acids is 1. The lowest BCUT2D eigenvalue weighted by molar-refractivity contribution is -0.146. The summed E-state index contributed by atoms with van der Waals surface area (Å²) in [4.78, 5) is 11.9. The molecule has 2 nitrogen and oxygen atoms in total. The highest BCUT2D eigenvalue weighted by molar-refractivity contribution is 5.69. The minimum Gasteiger partial charge on any atom is -0.465 e. The Morgan fingerprint density at radius 2 is 1.23 bits per heavy atom. The topological polar surface area (TPSA) is 26.3 Å². The van der Waals surface area contributed by atoms with Gasteiger partial charge in [0.1, 0.15) is 0 Å². The molecule has 2 unspecified atom stereocenters. The number of unbranched alkanes of at least 4 members (excludes halogenated alkanes) is 1. The maximum Gasteiger partial charge on any atom is 0.306 e. The standard InChI is InChI=1S/C20H40O2/c1-16(2)10-7-8-12-19(6)15-22-20(21)14-18(5)13-9-11-17(3)4/h16-19H,7-15H2,1-6H3. The van der Waals surface area contributed by atoms with E-state index < -0.39 is 0 Å². The normalized spacial score (nSPS) is 14.4. The fourth-order valence-corrected chi connectivity index (χ4v) is 2.68. The molecule has 2 heteroatoms. The first kappa shape index (κ1) is 21.5. The Balaban J connectivity index is 3.61. The first-order valence-corrected chi connectivity index (χ1v) is 9.46. The van der Waals surface area contributed by atoms with Gasteiger partial charge in [0.2, 0.25) is 0 Å². The number of carbonyl (C=O) groups is 1. The number of hydrogen-bond donors (Lipinski definition) is 0. The quantitative estimate of drug-likeness (QED) is 0.297. The third-order valence-electron chi connectivity index (χ3n) is 4.25. The zero-order chi connectivity index (χ0) is 17.0. The molecule has 0 N–H and O–H groups in total. The summed E-state index contributed by atoms with van der Waals surface area (Å²) in [5.74, 6) is 2.49. The SMILES string of the molecule is CC(C)CCCCC(C)COC(=O)CC(C)CCCC(C)C. The predicted octanol–water partition coefficient (Wildman–Crippen LogP) is 6.23. The molecule has 0 aromatic rings. The van der Waals surface area contributed by atoms with Crippen molar-refractivity contribution in [2.24, 2.45) is 23.7 Å². The maximum absolute atomic E-state index is 11.9. The molecular formula is C20H40O2. The van der Waals surface area contributed by atoms with Gasteiger partial charge in [0, 0.05) is 6.42 Å². The van der Waals surface area contributed by atoms with E-state index in [9.17, 15) is 4.79 Å². The minimum atomic E-state index is -0.00826. The van der Waals surface area contributed by atoms with Crippen molar-refractivity contribution in [1.82, 2.24) is 0 Å². The smallest absolute Gasteiger partial charge is 0.306 e. The molecule has 0 saturated heterocycles. The van der Waals surface area contributed by atoms with Crippen molar-refractivity contribution in [3.8, 4) is 0 Å². The van der Waals surface area contributed by atoms with E-state index in [2.05, 4.69) is 41.5 Å². The lowest BCUT2D eigenvalue weighted by Gasteiger charge is -2.15. The van der Waals surface area contributed by atoms with Gasteiger partial charge < -0.3 is 4.74 Å². The molecule has 0 aromatic carbocycles. The fourth-order valence-electron chi connectivity index (χ4n) is 2.68. The Kier molecular flexibility index (Phi) is 12.6. The summed E-state index contributed by atoms with van der Waals surface area (Å²) in [6.45, 7) is 14.0. The molecule has 0 bridgehead atoms. The summed E-state index contributed by atoms with van der Waals surface area (Å²) >= 11 is 0. The zero-order valence-electron chi connectivity index (χ0n) is 16.0. The summed E-state index contributed by atoms with van der Waals surface area (Å²) in [6.07, 6.45) is 9.22. The van der Waals surface area contributed by atoms with Crippen molar-refractivity contribution in [3.63, 3.8) is 0 Å². The Morgan fingerprint density at radius 1 is 0.727 bits per heavy atom. The van der Waals surface area contributed by atoms with Gasteiger partial charge in [-0.3, -0.25) is 4.79 Å². The Morgan fingerprint density at radius 3 is 1.82 bits per heavy atom. The average Bonchev–Trinajstić information content (AvgIpc) is 2.40. The molecule has 0 amide bonds. The maximum atomic E-state index is 11.9. The molecule has 132 valence electrons. The second kappa shape index (κ2) is 13.0. The molecule has 0 spiro atoms. The van der Waals surface area contributed by atoms with Crippen LogP contribution in [0, 0.1) is 23.7 Å². The van der Waals surface area contributed by atoms with Crippen LogP contribution in [0.4, 0.5) is 0 Å². The molecule has 22 heavy (non-hydrogen) atoms. The number of esters is 1. The number of ether oxygens (including phenoxy) is 1. The lowest BCUT2D eigenvalue weighted by Crippen LogP contribution is -2.14. The highest BCUT2D eigenvalue weighted by atomic mass is 16.5. The van der Waals surface area contributed by atoms with E-state index in [4.69, 9.17) is 4.74 Å². The minimum absolute atomic E-state index is 0.00826. The van der Waals surface area contributed by atoms with E-state index in [1.54, 1.807) is 0 Å². The van der Waals surface area contributed by atoms with Gasteiger partial charge in [0.25, 0.3) is 0 Å². The van der Waals surface area contributed by atoms with E-state index >= 15 is 0 Å². The Bertz CT molecular complexity index is 271. The number of hydrogen-bond acceptors (Lipinski definition) is 2. The second-order valence-corrected chi connectivity index (χ2v) is 8.10. The summed E-state index contributed by atoms with van der Waals surface area (Å²) in [6, 6.07) is 0. The van der Waals surface area contributed by atoms with Crippen LogP contribution in [-0.4, -0.2) is 12.6 Å². The third-order valence-corrected chi connectivity index (χ3v) is 4.25. The number of rotatable bonds is 13. The van der Waals surface area contributed by atoms with Crippen LogP contribution in [0.1, 0.15) is 92.9 Å². The molecule has 0 aliphatic rings. The van der Waals surface area contributed by atoms with E-state index in [0.29, 0.717) is 24.9 Å². The van der Waals surface area contributed by atoms with E-state index in [0.717, 1.165) is 18.3 Å². The van der Waals surface area contributed by atoms with Gasteiger partial charge in [-0.2, -0.15) is 0 Å². The predicted molar refractivity (Wildman–Crippen MR) is 95.9 cm³/mol. The first-order chi connectivity index (χ1) is 10.3. The molecule has 0 fully saturated rings. The van der Waals surface area contributed by atoms with Crippen molar-refractivity contribution >= 4 is 5.97 Å². The van der Waals surface area contributed by atoms with Crippen molar-refractivity contribution in [2.75, 3.05) is 6.61 Å². The molecule has 0 heterocycles. The van der Waals surface area contributed by atoms with E-state index in [1.807, 2.05) is 0 Å². The zero-order valence-corrected chi connectivity index (χ0v) is 16.0. The van der Waals surface area contributed by atoms with E-state index in [-0.39, 0.29) is 5.97 Å². The van der Waals surface area contributed by atoms with Gasteiger partial charge in [0.05, 0.1) is 6.61 Å². The largest absolute Gasteiger partial charge is 0.465 e. The van der Waals surface area contributed by atoms with Crippen LogP contribution in [0.3, 0.4) is 0 Å². The molecule has 0 saturated carbocycles. The summed E-state index contributed by atoms with van der Waals surface area (Å²) in [5, 5.41) is 0. The van der Waals surface area contributed by atoms with Crippen molar-refractivity contribution < 1.29 is 9.53 Å². The van der Waals surface area contributed by atoms with Crippen LogP contribution in [0.15, 0.2) is 0 Å². The van der Waals surface area contributed by atoms with Crippen molar-refractivity contribution in [2.45, 2.75) is 92.9 Å². The molecule has 2 atom stereocenters. The van der Waals surface area contributed by atoms with Crippen LogP contribution < -0.4 is 0 Å². The van der Waals surface area contributed by atoms with Gasteiger partial charge in [-0.25, -0.2) is 0 Å². The van der Waals surface area contributed by atoms with Crippen LogP contribution in [0.5, 0.6) is 0 Å². The van der Waals surface area contributed by atoms with Crippen LogP contribution in [-0.2, 0) is 9.53 Å². The summed E-state index contributed by atoms with van der Waals surface area (Å²) in [5.41, 5.74) is 0. The van der Waals surface area contributed by atoms with Crippen LogP contribution in [0.25, 0.3) is 0 Å². The fraction of sp³-hybridized carbons (Fsp3) is 0.950. The second-order valence-electron chi connectivity index (χ2n) is 8.10. The summed E-state index contributed by atoms with van der Waals surface area (Å²) < 4.78 is 5.44. The molecule has 0 aliphatic heterocycles. The molecule has 0 aromatic heterocycles. The molecular weight excluding hydrogens is 272 g/mol. The molecule has 0 radical (unpaired) electrons. The first-order valence-electron chi connectivity index (χ1n) is 9.46. The lowest BCUT2D eigenvalue weighted by atomic mass is 9.97. The highest BCUT2D eigenvalue weighted by Crippen LogP contribution is 2.17. The molecule has 0 aliphatic carbocycles. The van der Waals surface area contributed by atoms with Crippen molar-refractivity contribution in [1.29, 1.82) is 0 Å². The van der Waals surface area contributed by atoms with Crippen molar-refractivity contribution in [3.05, 3.63) is 0 Å². The monoisotopic (exact) mass is 312 g/mol. The van der Waals surface area contributed by atoms with Gasteiger partial charge in [-0.1, -0.05) is 80.1 Å². The van der Waals surface area contributed by atoms with Gasteiger partial charge in [-0.05, 0) is 30.1 Å². The van der Waals surface area contributed by atoms with E-state index in [1.165, 1.54) is 38.5 Å². The highest BCUT2D eigenvalue weighted by Gasteiger charge is 2.12. The van der Waals surface area contributed by atoms with Crippen LogP contribution in [0.2, 0.25) is 0 Å².